The lowest BCUT2D eigenvalue weighted by atomic mass is 10.0. The first kappa shape index (κ1) is 11.5. The predicted molar refractivity (Wildman–Crippen MR) is 69.8 cm³/mol. The SMILES string of the molecule is CCN(CC)C1=Nc2ccc(Cl)cc2CC1. The second-order valence-electron chi connectivity index (χ2n) is 3.97. The van der Waals surface area contributed by atoms with E-state index in [1.54, 1.807) is 0 Å². The van der Waals surface area contributed by atoms with Crippen LogP contribution in [0.25, 0.3) is 0 Å². The van der Waals surface area contributed by atoms with Crippen LogP contribution < -0.4 is 0 Å². The lowest BCUT2D eigenvalue weighted by Gasteiger charge is -2.26. The zero-order chi connectivity index (χ0) is 11.5. The summed E-state index contributed by atoms with van der Waals surface area (Å²) in [6.07, 6.45) is 2.07. The maximum absolute atomic E-state index is 5.97. The van der Waals surface area contributed by atoms with Crippen LogP contribution in [0.15, 0.2) is 23.2 Å². The van der Waals surface area contributed by atoms with Gasteiger partial charge in [0.2, 0.25) is 0 Å². The number of aryl methyl sites for hydroxylation is 1. The minimum atomic E-state index is 0.806. The summed E-state index contributed by atoms with van der Waals surface area (Å²) in [4.78, 5) is 7.03. The number of hydrogen-bond acceptors (Lipinski definition) is 2. The molecule has 2 rings (SSSR count). The summed E-state index contributed by atoms with van der Waals surface area (Å²) < 4.78 is 0. The van der Waals surface area contributed by atoms with E-state index in [1.807, 2.05) is 18.2 Å². The van der Waals surface area contributed by atoms with E-state index in [9.17, 15) is 0 Å². The molecule has 16 heavy (non-hydrogen) atoms. The molecule has 1 aromatic rings. The van der Waals surface area contributed by atoms with Gasteiger partial charge in [0.05, 0.1) is 5.69 Å². The fourth-order valence-electron chi connectivity index (χ4n) is 2.12. The van der Waals surface area contributed by atoms with Gasteiger partial charge in [-0.05, 0) is 44.0 Å². The van der Waals surface area contributed by atoms with Crippen LogP contribution in [-0.4, -0.2) is 23.8 Å². The van der Waals surface area contributed by atoms with E-state index in [0.29, 0.717) is 0 Å². The third-order valence-electron chi connectivity index (χ3n) is 3.04. The van der Waals surface area contributed by atoms with Gasteiger partial charge in [-0.3, -0.25) is 0 Å². The zero-order valence-electron chi connectivity index (χ0n) is 9.83. The Morgan fingerprint density at radius 1 is 1.25 bits per heavy atom. The first-order valence-corrected chi connectivity index (χ1v) is 6.23. The van der Waals surface area contributed by atoms with Crippen molar-refractivity contribution in [2.24, 2.45) is 4.99 Å². The Bertz CT molecular complexity index is 408. The molecular formula is C13H17ClN2. The maximum Gasteiger partial charge on any atom is 0.105 e. The number of amidine groups is 1. The Balaban J connectivity index is 2.30. The molecule has 0 fully saturated rings. The Kier molecular flexibility index (Phi) is 3.49. The van der Waals surface area contributed by atoms with Gasteiger partial charge in [0.25, 0.3) is 0 Å². The van der Waals surface area contributed by atoms with Crippen molar-refractivity contribution in [3.05, 3.63) is 28.8 Å². The number of halogens is 1. The summed E-state index contributed by atoms with van der Waals surface area (Å²) in [5, 5.41) is 0.806. The average Bonchev–Trinajstić information content (AvgIpc) is 2.31. The molecule has 0 N–H and O–H groups in total. The standard InChI is InChI=1S/C13H17ClN2/c1-3-16(4-2)13-8-5-10-9-11(14)6-7-12(10)15-13/h6-7,9H,3-5,8H2,1-2H3. The van der Waals surface area contributed by atoms with Crippen molar-refractivity contribution >= 4 is 23.1 Å². The second kappa shape index (κ2) is 4.88. The van der Waals surface area contributed by atoms with E-state index in [2.05, 4.69) is 18.7 Å². The summed E-state index contributed by atoms with van der Waals surface area (Å²) in [6.45, 7) is 6.39. The lowest BCUT2D eigenvalue weighted by Crippen LogP contribution is -2.31. The second-order valence-corrected chi connectivity index (χ2v) is 4.41. The van der Waals surface area contributed by atoms with Crippen LogP contribution >= 0.6 is 11.6 Å². The summed E-state index contributed by atoms with van der Waals surface area (Å²) in [5.74, 6) is 1.21. The molecule has 0 atom stereocenters. The molecule has 86 valence electrons. The third-order valence-corrected chi connectivity index (χ3v) is 3.27. The van der Waals surface area contributed by atoms with Crippen molar-refractivity contribution in [1.29, 1.82) is 0 Å². The summed E-state index contributed by atoms with van der Waals surface area (Å²) in [6, 6.07) is 5.95. The van der Waals surface area contributed by atoms with Gasteiger partial charge < -0.3 is 4.90 Å². The van der Waals surface area contributed by atoms with Gasteiger partial charge in [0, 0.05) is 24.5 Å². The minimum absolute atomic E-state index is 0.806. The van der Waals surface area contributed by atoms with Crippen LogP contribution in [0.5, 0.6) is 0 Å². The van der Waals surface area contributed by atoms with E-state index in [0.717, 1.165) is 36.6 Å². The molecular weight excluding hydrogens is 220 g/mol. The van der Waals surface area contributed by atoms with Crippen LogP contribution in [0.2, 0.25) is 5.02 Å². The lowest BCUT2D eigenvalue weighted by molar-refractivity contribution is 0.453. The molecule has 0 saturated carbocycles. The summed E-state index contributed by atoms with van der Waals surface area (Å²) in [7, 11) is 0. The van der Waals surface area contributed by atoms with Crippen molar-refractivity contribution in [3.63, 3.8) is 0 Å². The van der Waals surface area contributed by atoms with Crippen LogP contribution in [-0.2, 0) is 6.42 Å². The monoisotopic (exact) mass is 236 g/mol. The largest absolute Gasteiger partial charge is 0.361 e. The van der Waals surface area contributed by atoms with Crippen LogP contribution in [0.4, 0.5) is 5.69 Å². The molecule has 3 heteroatoms. The zero-order valence-corrected chi connectivity index (χ0v) is 10.6. The molecule has 0 radical (unpaired) electrons. The summed E-state index contributed by atoms with van der Waals surface area (Å²) >= 11 is 5.97. The molecule has 0 amide bonds. The van der Waals surface area contributed by atoms with Crippen molar-refractivity contribution in [3.8, 4) is 0 Å². The first-order valence-electron chi connectivity index (χ1n) is 5.85. The average molecular weight is 237 g/mol. The van der Waals surface area contributed by atoms with Crippen molar-refractivity contribution in [2.75, 3.05) is 13.1 Å². The number of aliphatic imine (C=N–C) groups is 1. The molecule has 0 bridgehead atoms. The van der Waals surface area contributed by atoms with Gasteiger partial charge in [-0.15, -0.1) is 0 Å². The van der Waals surface area contributed by atoms with Gasteiger partial charge >= 0.3 is 0 Å². The Morgan fingerprint density at radius 3 is 2.69 bits per heavy atom. The molecule has 0 aliphatic carbocycles. The van der Waals surface area contributed by atoms with E-state index < -0.39 is 0 Å². The van der Waals surface area contributed by atoms with Crippen LogP contribution in [0.3, 0.4) is 0 Å². The number of rotatable bonds is 2. The van der Waals surface area contributed by atoms with Gasteiger partial charge in [-0.1, -0.05) is 11.6 Å². The van der Waals surface area contributed by atoms with Crippen LogP contribution in [0, 0.1) is 0 Å². The summed E-state index contributed by atoms with van der Waals surface area (Å²) in [5.41, 5.74) is 2.35. The number of hydrogen-bond donors (Lipinski definition) is 0. The van der Waals surface area contributed by atoms with Crippen molar-refractivity contribution in [1.82, 2.24) is 4.90 Å². The number of benzene rings is 1. The van der Waals surface area contributed by atoms with E-state index in [1.165, 1.54) is 11.4 Å². The molecule has 0 saturated heterocycles. The first-order chi connectivity index (χ1) is 7.74. The molecule has 0 spiro atoms. The van der Waals surface area contributed by atoms with E-state index in [4.69, 9.17) is 16.6 Å². The van der Waals surface area contributed by atoms with E-state index in [-0.39, 0.29) is 0 Å². The highest BCUT2D eigenvalue weighted by atomic mass is 35.5. The Labute approximate surface area is 102 Å². The predicted octanol–water partition coefficient (Wildman–Crippen LogP) is 3.66. The molecule has 2 nitrogen and oxygen atoms in total. The molecule has 1 aliphatic rings. The normalized spacial score (nSPS) is 14.3. The van der Waals surface area contributed by atoms with Crippen LogP contribution in [0.1, 0.15) is 25.8 Å². The molecule has 0 aromatic heterocycles. The third kappa shape index (κ3) is 2.22. The highest BCUT2D eigenvalue weighted by molar-refractivity contribution is 6.30. The maximum atomic E-state index is 5.97. The highest BCUT2D eigenvalue weighted by Crippen LogP contribution is 2.29. The van der Waals surface area contributed by atoms with Gasteiger partial charge in [-0.25, -0.2) is 4.99 Å². The fraction of sp³-hybridized carbons (Fsp3) is 0.462. The molecule has 0 unspecified atom stereocenters. The van der Waals surface area contributed by atoms with Gasteiger partial charge in [0.15, 0.2) is 0 Å². The number of nitrogens with zero attached hydrogens (tertiary/aromatic N) is 2. The molecule has 1 aromatic carbocycles. The number of fused-ring (bicyclic) bond motifs is 1. The minimum Gasteiger partial charge on any atom is -0.361 e. The van der Waals surface area contributed by atoms with Crippen molar-refractivity contribution in [2.45, 2.75) is 26.7 Å². The van der Waals surface area contributed by atoms with Gasteiger partial charge in [0.1, 0.15) is 5.84 Å². The fourth-order valence-corrected chi connectivity index (χ4v) is 2.32. The molecule has 1 aliphatic heterocycles. The topological polar surface area (TPSA) is 15.6 Å². The quantitative estimate of drug-likeness (QED) is 0.765. The highest BCUT2D eigenvalue weighted by Gasteiger charge is 2.15. The van der Waals surface area contributed by atoms with E-state index >= 15 is 0 Å². The molecule has 1 heterocycles. The Hall–Kier alpha value is -1.02. The smallest absolute Gasteiger partial charge is 0.105 e. The van der Waals surface area contributed by atoms with Gasteiger partial charge in [-0.2, -0.15) is 0 Å². The Morgan fingerprint density at radius 2 is 2.00 bits per heavy atom. The van der Waals surface area contributed by atoms with Crippen molar-refractivity contribution < 1.29 is 0 Å².